The molecular weight excluding hydrogens is 173 g/mol. The Labute approximate surface area is 73.8 Å². The van der Waals surface area contributed by atoms with Crippen LogP contribution in [0.1, 0.15) is 32.1 Å². The molecule has 0 heterocycles. The predicted octanol–water partition coefficient (Wildman–Crippen LogP) is 1.28. The Kier molecular flexibility index (Phi) is 3.29. The van der Waals surface area contributed by atoms with E-state index in [0.717, 1.165) is 12.8 Å². The van der Waals surface area contributed by atoms with Gasteiger partial charge in [0.2, 0.25) is 0 Å². The summed E-state index contributed by atoms with van der Waals surface area (Å²) in [6, 6.07) is 0.333. The Hall–Kier alpha value is 0.110. The van der Waals surface area contributed by atoms with Crippen LogP contribution in [-0.2, 0) is 4.57 Å². The molecule has 0 radical (unpaired) electrons. The van der Waals surface area contributed by atoms with Gasteiger partial charge in [-0.15, -0.1) is 0 Å². The molecule has 0 aliphatic heterocycles. The maximum absolute atomic E-state index is 11.3. The first-order chi connectivity index (χ1) is 5.52. The van der Waals surface area contributed by atoms with Gasteiger partial charge in [0, 0.05) is 6.04 Å². The van der Waals surface area contributed by atoms with E-state index in [-0.39, 0.29) is 0 Å². The van der Waals surface area contributed by atoms with Crippen LogP contribution >= 0.6 is 7.59 Å². The van der Waals surface area contributed by atoms with Gasteiger partial charge in [-0.3, -0.25) is 15.6 Å². The molecule has 72 valence electrons. The zero-order chi connectivity index (χ0) is 9.19. The minimum absolute atomic E-state index is 0.333. The lowest BCUT2D eigenvalue weighted by Gasteiger charge is -2.32. The van der Waals surface area contributed by atoms with Crippen LogP contribution in [0.5, 0.6) is 0 Å². The Morgan fingerprint density at radius 1 is 1.25 bits per heavy atom. The molecular formula is C7H18N3OP. The second-order valence-corrected chi connectivity index (χ2v) is 5.51. The first-order valence-corrected chi connectivity index (χ1v) is 6.22. The van der Waals surface area contributed by atoms with Crippen molar-refractivity contribution in [2.24, 2.45) is 11.0 Å². The van der Waals surface area contributed by atoms with Gasteiger partial charge in [-0.05, 0) is 19.9 Å². The fourth-order valence-electron chi connectivity index (χ4n) is 1.71. The van der Waals surface area contributed by atoms with Crippen molar-refractivity contribution in [2.75, 3.05) is 7.05 Å². The van der Waals surface area contributed by atoms with E-state index in [9.17, 15) is 4.57 Å². The van der Waals surface area contributed by atoms with Gasteiger partial charge in [0.25, 0.3) is 7.59 Å². The molecule has 1 saturated carbocycles. The third kappa shape index (κ3) is 2.56. The Morgan fingerprint density at radius 2 is 1.75 bits per heavy atom. The van der Waals surface area contributed by atoms with Crippen LogP contribution in [0.15, 0.2) is 0 Å². The number of nitrogens with zero attached hydrogens (tertiary/aromatic N) is 1. The highest BCUT2D eigenvalue weighted by Gasteiger charge is 2.26. The second kappa shape index (κ2) is 3.88. The maximum Gasteiger partial charge on any atom is 0.276 e. The lowest BCUT2D eigenvalue weighted by Crippen LogP contribution is -2.35. The molecule has 5 heteroatoms. The number of hydrogen-bond donors (Lipinski definition) is 2. The number of rotatable bonds is 2. The molecule has 4 nitrogen and oxygen atoms in total. The molecule has 1 rings (SSSR count). The highest BCUT2D eigenvalue weighted by atomic mass is 31.2. The molecule has 0 unspecified atom stereocenters. The summed E-state index contributed by atoms with van der Waals surface area (Å²) in [5.41, 5.74) is 10.7. The van der Waals surface area contributed by atoms with Gasteiger partial charge >= 0.3 is 0 Å². The van der Waals surface area contributed by atoms with Crippen molar-refractivity contribution in [3.05, 3.63) is 0 Å². The summed E-state index contributed by atoms with van der Waals surface area (Å²) < 4.78 is 13.0. The Morgan fingerprint density at radius 3 is 2.17 bits per heavy atom. The quantitative estimate of drug-likeness (QED) is 0.645. The summed E-state index contributed by atoms with van der Waals surface area (Å²) in [6.45, 7) is 0. The van der Waals surface area contributed by atoms with Gasteiger partial charge in [-0.1, -0.05) is 19.3 Å². The van der Waals surface area contributed by atoms with Crippen LogP contribution in [0.2, 0.25) is 0 Å². The van der Waals surface area contributed by atoms with E-state index in [4.69, 9.17) is 11.0 Å². The fraction of sp³-hybridized carbons (Fsp3) is 1.00. The first-order valence-electron chi connectivity index (χ1n) is 4.42. The summed E-state index contributed by atoms with van der Waals surface area (Å²) in [6.07, 6.45) is 5.84. The first kappa shape index (κ1) is 10.2. The molecule has 0 bridgehead atoms. The number of nitrogens with two attached hydrogens (primary N) is 2. The second-order valence-electron chi connectivity index (χ2n) is 3.54. The van der Waals surface area contributed by atoms with Crippen LogP contribution in [-0.4, -0.2) is 17.8 Å². The van der Waals surface area contributed by atoms with Crippen molar-refractivity contribution in [1.82, 2.24) is 4.67 Å². The zero-order valence-corrected chi connectivity index (χ0v) is 8.46. The van der Waals surface area contributed by atoms with Gasteiger partial charge in [-0.2, -0.15) is 0 Å². The van der Waals surface area contributed by atoms with E-state index in [1.165, 1.54) is 19.3 Å². The number of hydrogen-bond acceptors (Lipinski definition) is 1. The van der Waals surface area contributed by atoms with Crippen molar-refractivity contribution in [3.63, 3.8) is 0 Å². The molecule has 1 fully saturated rings. The van der Waals surface area contributed by atoms with E-state index >= 15 is 0 Å². The van der Waals surface area contributed by atoms with Crippen molar-refractivity contribution in [1.29, 1.82) is 0 Å². The van der Waals surface area contributed by atoms with Crippen LogP contribution in [0.3, 0.4) is 0 Å². The van der Waals surface area contributed by atoms with Crippen molar-refractivity contribution >= 4 is 7.59 Å². The lowest BCUT2D eigenvalue weighted by atomic mass is 9.96. The van der Waals surface area contributed by atoms with Crippen LogP contribution in [0.25, 0.3) is 0 Å². The van der Waals surface area contributed by atoms with Crippen molar-refractivity contribution < 1.29 is 4.57 Å². The third-order valence-electron chi connectivity index (χ3n) is 2.60. The van der Waals surface area contributed by atoms with E-state index in [1.807, 2.05) is 0 Å². The molecule has 0 aromatic rings. The lowest BCUT2D eigenvalue weighted by molar-refractivity contribution is 0.284. The Bertz CT molecular complexity index is 185. The van der Waals surface area contributed by atoms with Crippen molar-refractivity contribution in [2.45, 2.75) is 38.1 Å². The fourth-order valence-corrected chi connectivity index (χ4v) is 2.45. The highest BCUT2D eigenvalue weighted by Crippen LogP contribution is 2.36. The highest BCUT2D eigenvalue weighted by molar-refractivity contribution is 7.56. The minimum atomic E-state index is -2.99. The van der Waals surface area contributed by atoms with Crippen LogP contribution < -0.4 is 11.0 Å². The van der Waals surface area contributed by atoms with Gasteiger partial charge in [0.15, 0.2) is 0 Å². The molecule has 4 N–H and O–H groups in total. The standard InChI is InChI=1S/C7H18N3OP/c1-10(12(8,9)11)7-5-3-2-4-6-7/h7H,2-6H2,1H3,(H4,8,9,11). The normalized spacial score (nSPS) is 21.7. The monoisotopic (exact) mass is 191 g/mol. The van der Waals surface area contributed by atoms with E-state index < -0.39 is 7.59 Å². The summed E-state index contributed by atoms with van der Waals surface area (Å²) >= 11 is 0. The van der Waals surface area contributed by atoms with Crippen LogP contribution in [0, 0.1) is 0 Å². The molecule has 1 aliphatic carbocycles. The average molecular weight is 191 g/mol. The predicted molar refractivity (Wildman–Crippen MR) is 50.6 cm³/mol. The Balaban J connectivity index is 2.51. The van der Waals surface area contributed by atoms with Crippen LogP contribution in [0.4, 0.5) is 0 Å². The summed E-state index contributed by atoms with van der Waals surface area (Å²) in [4.78, 5) is 0. The topological polar surface area (TPSA) is 72.3 Å². The zero-order valence-electron chi connectivity index (χ0n) is 7.57. The van der Waals surface area contributed by atoms with E-state index in [0.29, 0.717) is 6.04 Å². The summed E-state index contributed by atoms with van der Waals surface area (Å²) in [5.74, 6) is 0. The molecule has 0 amide bonds. The van der Waals surface area contributed by atoms with Gasteiger partial charge in [0.05, 0.1) is 0 Å². The minimum Gasteiger partial charge on any atom is -0.271 e. The SMILES string of the molecule is CN(C1CCCCC1)P(N)(N)=O. The summed E-state index contributed by atoms with van der Waals surface area (Å²) in [7, 11) is -1.23. The molecule has 12 heavy (non-hydrogen) atoms. The van der Waals surface area contributed by atoms with Gasteiger partial charge < -0.3 is 0 Å². The molecule has 0 saturated heterocycles. The van der Waals surface area contributed by atoms with Crippen molar-refractivity contribution in [3.8, 4) is 0 Å². The molecule has 1 aliphatic rings. The third-order valence-corrected chi connectivity index (χ3v) is 3.91. The molecule has 0 aromatic carbocycles. The molecule has 0 atom stereocenters. The molecule has 0 aromatic heterocycles. The average Bonchev–Trinajstić information content (AvgIpc) is 2.03. The summed E-state index contributed by atoms with van der Waals surface area (Å²) in [5, 5.41) is 0. The van der Waals surface area contributed by atoms with E-state index in [2.05, 4.69) is 0 Å². The largest absolute Gasteiger partial charge is 0.276 e. The van der Waals surface area contributed by atoms with Gasteiger partial charge in [-0.25, -0.2) is 4.67 Å². The smallest absolute Gasteiger partial charge is 0.271 e. The maximum atomic E-state index is 11.3. The van der Waals surface area contributed by atoms with E-state index in [1.54, 1.807) is 11.7 Å². The molecule has 0 spiro atoms. The van der Waals surface area contributed by atoms with Gasteiger partial charge in [0.1, 0.15) is 0 Å².